The third kappa shape index (κ3) is 3.88. The van der Waals surface area contributed by atoms with E-state index in [1.807, 2.05) is 0 Å². The quantitative estimate of drug-likeness (QED) is 0.621. The van der Waals surface area contributed by atoms with Crippen LogP contribution in [0.1, 0.15) is 0 Å². The molecule has 0 heterocycles. The van der Waals surface area contributed by atoms with Crippen molar-refractivity contribution in [2.45, 2.75) is 6.61 Å². The monoisotopic (exact) mass is 358 g/mol. The second-order valence-corrected chi connectivity index (χ2v) is 4.83. The highest BCUT2D eigenvalue weighted by Gasteiger charge is 2.16. The van der Waals surface area contributed by atoms with E-state index in [-0.39, 0.29) is 22.8 Å². The van der Waals surface area contributed by atoms with Crippen LogP contribution in [0.15, 0.2) is 46.9 Å². The molecule has 0 aliphatic rings. The number of nitrogens with zero attached hydrogens (tertiary/aromatic N) is 1. The molecule has 0 atom stereocenters. The fourth-order valence-electron chi connectivity index (χ4n) is 1.68. The summed E-state index contributed by atoms with van der Waals surface area (Å²) >= 11 is 3.14. The van der Waals surface area contributed by atoms with E-state index in [9.17, 15) is 18.9 Å². The van der Waals surface area contributed by atoms with Gasteiger partial charge in [0.15, 0.2) is 0 Å². The van der Waals surface area contributed by atoms with Crippen LogP contribution in [0.2, 0.25) is 0 Å². The standard InChI is InChI=1S/C13H9BrF2N2O3/c14-8-5-6-9(11(7-8)18(19)20)17-10-3-1-2-4-12(10)21-13(15)16/h1-7,13,17H. The van der Waals surface area contributed by atoms with E-state index in [2.05, 4.69) is 26.0 Å². The number of benzene rings is 2. The fraction of sp³-hybridized carbons (Fsp3) is 0.0769. The molecule has 0 amide bonds. The molecule has 21 heavy (non-hydrogen) atoms. The van der Waals surface area contributed by atoms with Crippen molar-refractivity contribution in [1.29, 1.82) is 0 Å². The van der Waals surface area contributed by atoms with Gasteiger partial charge in [-0.2, -0.15) is 8.78 Å². The van der Waals surface area contributed by atoms with Crippen molar-refractivity contribution in [1.82, 2.24) is 0 Å². The molecule has 0 saturated carbocycles. The van der Waals surface area contributed by atoms with Crippen LogP contribution in [0, 0.1) is 10.1 Å². The van der Waals surface area contributed by atoms with Crippen LogP contribution in [0.3, 0.4) is 0 Å². The van der Waals surface area contributed by atoms with E-state index in [4.69, 9.17) is 0 Å². The maximum atomic E-state index is 12.3. The van der Waals surface area contributed by atoms with Gasteiger partial charge in [0.25, 0.3) is 5.69 Å². The summed E-state index contributed by atoms with van der Waals surface area (Å²) in [6.45, 7) is -2.98. The summed E-state index contributed by atoms with van der Waals surface area (Å²) in [6.07, 6.45) is 0. The predicted molar refractivity (Wildman–Crippen MR) is 77.2 cm³/mol. The Hall–Kier alpha value is -2.22. The highest BCUT2D eigenvalue weighted by atomic mass is 79.9. The Labute approximate surface area is 126 Å². The summed E-state index contributed by atoms with van der Waals surface area (Å²) < 4.78 is 29.6. The summed E-state index contributed by atoms with van der Waals surface area (Å²) in [5.41, 5.74) is 0.202. The van der Waals surface area contributed by atoms with Crippen LogP contribution in [-0.4, -0.2) is 11.5 Å². The molecule has 0 aliphatic carbocycles. The molecule has 8 heteroatoms. The number of nitrogens with one attached hydrogen (secondary N) is 1. The van der Waals surface area contributed by atoms with Crippen LogP contribution in [-0.2, 0) is 0 Å². The van der Waals surface area contributed by atoms with Gasteiger partial charge in [-0.05, 0) is 24.3 Å². The van der Waals surface area contributed by atoms with Crippen LogP contribution in [0.25, 0.3) is 0 Å². The van der Waals surface area contributed by atoms with Gasteiger partial charge < -0.3 is 10.1 Å². The van der Waals surface area contributed by atoms with Crippen LogP contribution < -0.4 is 10.1 Å². The van der Waals surface area contributed by atoms with Gasteiger partial charge in [0.05, 0.1) is 10.6 Å². The van der Waals surface area contributed by atoms with Crippen LogP contribution in [0.5, 0.6) is 5.75 Å². The lowest BCUT2D eigenvalue weighted by molar-refractivity contribution is -0.384. The first kappa shape index (κ1) is 15.2. The van der Waals surface area contributed by atoms with Crippen LogP contribution >= 0.6 is 15.9 Å². The Bertz CT molecular complexity index is 668. The van der Waals surface area contributed by atoms with Gasteiger partial charge in [0.1, 0.15) is 11.4 Å². The number of nitro groups is 1. The third-order valence-corrected chi connectivity index (χ3v) is 3.02. The van der Waals surface area contributed by atoms with E-state index in [1.54, 1.807) is 12.1 Å². The molecule has 0 saturated heterocycles. The normalized spacial score (nSPS) is 10.5. The summed E-state index contributed by atoms with van der Waals surface area (Å²) in [6, 6.07) is 10.4. The smallest absolute Gasteiger partial charge is 0.387 e. The van der Waals surface area contributed by atoms with Gasteiger partial charge in [-0.3, -0.25) is 10.1 Å². The molecule has 2 aromatic rings. The van der Waals surface area contributed by atoms with Crippen LogP contribution in [0.4, 0.5) is 25.8 Å². The van der Waals surface area contributed by atoms with Crippen molar-refractivity contribution in [3.63, 3.8) is 0 Å². The van der Waals surface area contributed by atoms with Gasteiger partial charge in [-0.25, -0.2) is 0 Å². The Balaban J connectivity index is 2.37. The topological polar surface area (TPSA) is 64.4 Å². The average molecular weight is 359 g/mol. The number of rotatable bonds is 5. The SMILES string of the molecule is O=[N+]([O-])c1cc(Br)ccc1Nc1ccccc1OC(F)F. The fourth-order valence-corrected chi connectivity index (χ4v) is 2.02. The zero-order chi connectivity index (χ0) is 15.4. The van der Waals surface area contributed by atoms with Gasteiger partial charge in [0, 0.05) is 10.5 Å². The van der Waals surface area contributed by atoms with Crippen molar-refractivity contribution in [2.24, 2.45) is 0 Å². The molecular weight excluding hydrogens is 350 g/mol. The molecule has 0 spiro atoms. The molecule has 0 unspecified atom stereocenters. The molecule has 0 aliphatic heterocycles. The lowest BCUT2D eigenvalue weighted by Gasteiger charge is -2.12. The Morgan fingerprint density at radius 2 is 1.90 bits per heavy atom. The van der Waals surface area contributed by atoms with E-state index < -0.39 is 11.5 Å². The molecule has 0 fully saturated rings. The van der Waals surface area contributed by atoms with E-state index in [1.165, 1.54) is 30.3 Å². The summed E-state index contributed by atoms with van der Waals surface area (Å²) in [5, 5.41) is 13.8. The van der Waals surface area contributed by atoms with Crippen molar-refractivity contribution in [2.75, 3.05) is 5.32 Å². The minimum Gasteiger partial charge on any atom is -0.433 e. The van der Waals surface area contributed by atoms with Crippen molar-refractivity contribution in [3.05, 3.63) is 57.1 Å². The molecular formula is C13H9BrF2N2O3. The van der Waals surface area contributed by atoms with E-state index in [0.717, 1.165) is 0 Å². The number of nitro benzene ring substituents is 1. The number of para-hydroxylation sites is 2. The Kier molecular flexibility index (Phi) is 4.69. The number of alkyl halides is 2. The van der Waals surface area contributed by atoms with Gasteiger partial charge in [0.2, 0.25) is 0 Å². The molecule has 0 radical (unpaired) electrons. The zero-order valence-electron chi connectivity index (χ0n) is 10.4. The predicted octanol–water partition coefficient (Wildman–Crippen LogP) is 4.70. The molecule has 0 bridgehead atoms. The highest BCUT2D eigenvalue weighted by molar-refractivity contribution is 9.10. The summed E-state index contributed by atoms with van der Waals surface area (Å²) in [5.74, 6) is -0.0929. The number of hydrogen-bond acceptors (Lipinski definition) is 4. The van der Waals surface area contributed by atoms with Gasteiger partial charge in [-0.15, -0.1) is 0 Å². The van der Waals surface area contributed by atoms with E-state index >= 15 is 0 Å². The molecule has 2 aromatic carbocycles. The molecule has 1 N–H and O–H groups in total. The molecule has 0 aromatic heterocycles. The lowest BCUT2D eigenvalue weighted by atomic mass is 10.2. The molecule has 110 valence electrons. The average Bonchev–Trinajstić information content (AvgIpc) is 2.42. The first-order valence-corrected chi connectivity index (χ1v) is 6.51. The number of hydrogen-bond donors (Lipinski definition) is 1. The maximum Gasteiger partial charge on any atom is 0.387 e. The number of halogens is 3. The molecule has 5 nitrogen and oxygen atoms in total. The zero-order valence-corrected chi connectivity index (χ0v) is 12.0. The number of ether oxygens (including phenoxy) is 1. The number of anilines is 2. The lowest BCUT2D eigenvalue weighted by Crippen LogP contribution is -2.05. The summed E-state index contributed by atoms with van der Waals surface area (Å²) in [4.78, 5) is 10.5. The first-order chi connectivity index (χ1) is 9.97. The second-order valence-electron chi connectivity index (χ2n) is 3.92. The van der Waals surface area contributed by atoms with Crippen molar-refractivity contribution < 1.29 is 18.4 Å². The summed E-state index contributed by atoms with van der Waals surface area (Å²) in [7, 11) is 0. The molecule has 2 rings (SSSR count). The van der Waals surface area contributed by atoms with E-state index in [0.29, 0.717) is 4.47 Å². The second kappa shape index (κ2) is 6.49. The van der Waals surface area contributed by atoms with Gasteiger partial charge in [-0.1, -0.05) is 28.1 Å². The van der Waals surface area contributed by atoms with Crippen molar-refractivity contribution >= 4 is 33.0 Å². The highest BCUT2D eigenvalue weighted by Crippen LogP contribution is 2.34. The minimum atomic E-state index is -2.98. The Morgan fingerprint density at radius 3 is 2.57 bits per heavy atom. The maximum absolute atomic E-state index is 12.3. The largest absolute Gasteiger partial charge is 0.433 e. The van der Waals surface area contributed by atoms with Gasteiger partial charge >= 0.3 is 6.61 Å². The van der Waals surface area contributed by atoms with Crippen molar-refractivity contribution in [3.8, 4) is 5.75 Å². The third-order valence-electron chi connectivity index (χ3n) is 2.53. The first-order valence-electron chi connectivity index (χ1n) is 5.72. The Morgan fingerprint density at radius 1 is 1.19 bits per heavy atom. The minimum absolute atomic E-state index is 0.0929.